The van der Waals surface area contributed by atoms with Crippen LogP contribution >= 0.6 is 24.0 Å². The first-order chi connectivity index (χ1) is 8.04. The Morgan fingerprint density at radius 1 is 1.61 bits per heavy atom. The van der Waals surface area contributed by atoms with Crippen LogP contribution in [-0.2, 0) is 16.1 Å². The Balaban J connectivity index is 0.00000289. The third-order valence-corrected chi connectivity index (χ3v) is 2.42. The summed E-state index contributed by atoms with van der Waals surface area (Å²) in [6, 6.07) is 3.54. The van der Waals surface area contributed by atoms with Crippen LogP contribution in [0.25, 0.3) is 0 Å². The van der Waals surface area contributed by atoms with Gasteiger partial charge in [0.15, 0.2) is 0 Å². The number of hydrogen-bond acceptors (Lipinski definition) is 3. The minimum Gasteiger partial charge on any atom is -0.383 e. The van der Waals surface area contributed by atoms with Gasteiger partial charge in [-0.15, -0.1) is 12.4 Å². The summed E-state index contributed by atoms with van der Waals surface area (Å²) in [5, 5.41) is 2.63. The molecule has 0 aliphatic carbocycles. The molecular weight excluding hydrogens is 282 g/mol. The first-order valence-electron chi connectivity index (χ1n) is 5.00. The maximum atomic E-state index is 12.9. The Morgan fingerprint density at radius 3 is 2.83 bits per heavy atom. The lowest BCUT2D eigenvalue weighted by Gasteiger charge is -2.11. The van der Waals surface area contributed by atoms with Gasteiger partial charge in [-0.2, -0.15) is 0 Å². The first-order valence-corrected chi connectivity index (χ1v) is 5.38. The lowest BCUT2D eigenvalue weighted by Crippen LogP contribution is -2.43. The van der Waals surface area contributed by atoms with Crippen molar-refractivity contribution in [3.8, 4) is 0 Å². The van der Waals surface area contributed by atoms with Crippen LogP contribution < -0.4 is 11.1 Å². The summed E-state index contributed by atoms with van der Waals surface area (Å²) in [5.41, 5.74) is 6.23. The third-order valence-electron chi connectivity index (χ3n) is 2.13. The summed E-state index contributed by atoms with van der Waals surface area (Å²) in [5.74, 6) is -0.815. The average molecular weight is 297 g/mol. The molecule has 0 radical (unpaired) electrons. The summed E-state index contributed by atoms with van der Waals surface area (Å²) in [7, 11) is 1.47. The third kappa shape index (κ3) is 5.18. The van der Waals surface area contributed by atoms with Crippen molar-refractivity contribution < 1.29 is 13.9 Å². The highest BCUT2D eigenvalue weighted by Gasteiger charge is 2.12. The molecule has 0 saturated carbocycles. The molecule has 0 fully saturated rings. The van der Waals surface area contributed by atoms with Crippen molar-refractivity contribution in [3.05, 3.63) is 34.6 Å². The molecule has 1 aromatic rings. The van der Waals surface area contributed by atoms with Crippen molar-refractivity contribution in [1.82, 2.24) is 5.32 Å². The molecule has 0 aromatic heterocycles. The lowest BCUT2D eigenvalue weighted by atomic mass is 10.2. The largest absolute Gasteiger partial charge is 0.383 e. The van der Waals surface area contributed by atoms with Gasteiger partial charge in [0.1, 0.15) is 11.9 Å². The number of nitrogens with one attached hydrogen (secondary N) is 1. The Labute approximate surface area is 116 Å². The predicted octanol–water partition coefficient (Wildman–Crippen LogP) is 1.49. The van der Waals surface area contributed by atoms with E-state index in [4.69, 9.17) is 22.1 Å². The van der Waals surface area contributed by atoms with Crippen molar-refractivity contribution in [3.63, 3.8) is 0 Å². The number of hydrogen-bond donors (Lipinski definition) is 2. The SMILES string of the molecule is COCC(N)C(=O)NCc1ccc(F)c(Cl)c1.Cl. The Bertz CT molecular complexity index is 405. The van der Waals surface area contributed by atoms with Gasteiger partial charge in [0, 0.05) is 13.7 Å². The number of carbonyl (C=O) groups excluding carboxylic acids is 1. The van der Waals surface area contributed by atoms with Gasteiger partial charge >= 0.3 is 0 Å². The first kappa shape index (κ1) is 17.1. The number of nitrogens with two attached hydrogens (primary N) is 1. The van der Waals surface area contributed by atoms with Crippen LogP contribution in [0, 0.1) is 5.82 Å². The number of methoxy groups -OCH3 is 1. The van der Waals surface area contributed by atoms with Crippen molar-refractivity contribution in [2.75, 3.05) is 13.7 Å². The van der Waals surface area contributed by atoms with E-state index in [1.54, 1.807) is 6.07 Å². The minimum absolute atomic E-state index is 0. The molecule has 4 nitrogen and oxygen atoms in total. The molecule has 0 spiro atoms. The van der Waals surface area contributed by atoms with Crippen LogP contribution in [0.3, 0.4) is 0 Å². The monoisotopic (exact) mass is 296 g/mol. The van der Waals surface area contributed by atoms with Crippen molar-refractivity contribution in [2.45, 2.75) is 12.6 Å². The zero-order valence-electron chi connectivity index (χ0n) is 9.78. The number of rotatable bonds is 5. The zero-order chi connectivity index (χ0) is 12.8. The van der Waals surface area contributed by atoms with Gasteiger partial charge < -0.3 is 15.8 Å². The summed E-state index contributed by atoms with van der Waals surface area (Å²) >= 11 is 5.61. The van der Waals surface area contributed by atoms with Gasteiger partial charge in [-0.05, 0) is 17.7 Å². The molecule has 3 N–H and O–H groups in total. The van der Waals surface area contributed by atoms with Gasteiger partial charge in [-0.3, -0.25) is 4.79 Å². The van der Waals surface area contributed by atoms with Crippen LogP contribution in [0.4, 0.5) is 4.39 Å². The molecule has 0 aliphatic heterocycles. The maximum absolute atomic E-state index is 12.9. The fraction of sp³-hybridized carbons (Fsp3) is 0.364. The molecule has 1 aromatic carbocycles. The van der Waals surface area contributed by atoms with Gasteiger partial charge in [-0.25, -0.2) is 4.39 Å². The maximum Gasteiger partial charge on any atom is 0.239 e. The summed E-state index contributed by atoms with van der Waals surface area (Å²) in [6.07, 6.45) is 0. The van der Waals surface area contributed by atoms with E-state index in [2.05, 4.69) is 5.32 Å². The second kappa shape index (κ2) is 8.26. The van der Waals surface area contributed by atoms with Crippen LogP contribution in [0.2, 0.25) is 5.02 Å². The second-order valence-electron chi connectivity index (χ2n) is 3.53. The van der Waals surface area contributed by atoms with E-state index in [9.17, 15) is 9.18 Å². The molecule has 0 saturated heterocycles. The quantitative estimate of drug-likeness (QED) is 0.865. The van der Waals surface area contributed by atoms with Crippen molar-refractivity contribution >= 4 is 29.9 Å². The standard InChI is InChI=1S/C11H14ClFN2O2.ClH/c1-17-6-10(14)11(16)15-5-7-2-3-9(13)8(12)4-7;/h2-4,10H,5-6,14H2,1H3,(H,15,16);1H. The Morgan fingerprint density at radius 2 is 2.28 bits per heavy atom. The van der Waals surface area contributed by atoms with E-state index < -0.39 is 11.9 Å². The molecule has 0 bridgehead atoms. The van der Waals surface area contributed by atoms with E-state index in [1.807, 2.05) is 0 Å². The van der Waals surface area contributed by atoms with E-state index in [-0.39, 0.29) is 36.5 Å². The molecule has 1 amide bonds. The van der Waals surface area contributed by atoms with Crippen LogP contribution in [0.1, 0.15) is 5.56 Å². The highest BCUT2D eigenvalue weighted by molar-refractivity contribution is 6.30. The van der Waals surface area contributed by atoms with Crippen LogP contribution in [-0.4, -0.2) is 25.7 Å². The van der Waals surface area contributed by atoms with Gasteiger partial charge in [0.2, 0.25) is 5.91 Å². The molecule has 7 heteroatoms. The molecule has 18 heavy (non-hydrogen) atoms. The number of carbonyl (C=O) groups is 1. The lowest BCUT2D eigenvalue weighted by molar-refractivity contribution is -0.123. The normalized spacial score (nSPS) is 11.6. The summed E-state index contributed by atoms with van der Waals surface area (Å²) in [6.45, 7) is 0.395. The van der Waals surface area contributed by atoms with Crippen molar-refractivity contribution in [2.24, 2.45) is 5.73 Å². The molecule has 1 atom stereocenters. The molecule has 102 valence electrons. The number of ether oxygens (including phenoxy) is 1. The zero-order valence-corrected chi connectivity index (χ0v) is 11.4. The Kier molecular flexibility index (Phi) is 7.86. The van der Waals surface area contributed by atoms with Gasteiger partial charge in [0.05, 0.1) is 11.6 Å². The predicted molar refractivity (Wildman–Crippen MR) is 70.4 cm³/mol. The fourth-order valence-electron chi connectivity index (χ4n) is 1.23. The van der Waals surface area contributed by atoms with Gasteiger partial charge in [-0.1, -0.05) is 17.7 Å². The van der Waals surface area contributed by atoms with Crippen LogP contribution in [0.5, 0.6) is 0 Å². The molecule has 0 heterocycles. The molecule has 1 unspecified atom stereocenters. The van der Waals surface area contributed by atoms with E-state index in [0.29, 0.717) is 5.56 Å². The van der Waals surface area contributed by atoms with E-state index in [1.165, 1.54) is 19.2 Å². The number of benzene rings is 1. The highest BCUT2D eigenvalue weighted by atomic mass is 35.5. The van der Waals surface area contributed by atoms with E-state index in [0.717, 1.165) is 0 Å². The Hall–Kier alpha value is -0.880. The molecular formula is C11H15Cl2FN2O2. The van der Waals surface area contributed by atoms with Crippen molar-refractivity contribution in [1.29, 1.82) is 0 Å². The highest BCUT2D eigenvalue weighted by Crippen LogP contribution is 2.15. The average Bonchev–Trinajstić information content (AvgIpc) is 2.30. The summed E-state index contributed by atoms with van der Waals surface area (Å²) < 4.78 is 17.6. The molecule has 0 aliphatic rings. The van der Waals surface area contributed by atoms with E-state index >= 15 is 0 Å². The topological polar surface area (TPSA) is 64.3 Å². The number of halogens is 3. The fourth-order valence-corrected chi connectivity index (χ4v) is 1.43. The van der Waals surface area contributed by atoms with Gasteiger partial charge in [0.25, 0.3) is 0 Å². The molecule has 1 rings (SSSR count). The summed E-state index contributed by atoms with van der Waals surface area (Å²) in [4.78, 5) is 11.4. The minimum atomic E-state index is -0.712. The smallest absolute Gasteiger partial charge is 0.239 e. The number of amides is 1. The second-order valence-corrected chi connectivity index (χ2v) is 3.94. The van der Waals surface area contributed by atoms with Crippen LogP contribution in [0.15, 0.2) is 18.2 Å².